The Bertz CT molecular complexity index is 728. The molecule has 0 spiro atoms. The Morgan fingerprint density at radius 1 is 1.21 bits per heavy atom. The van der Waals surface area contributed by atoms with Gasteiger partial charge in [0, 0.05) is 32.0 Å². The zero-order valence-electron chi connectivity index (χ0n) is 16.9. The first-order chi connectivity index (χ1) is 13.7. The largest absolute Gasteiger partial charge is 0.493 e. The maximum absolute atomic E-state index is 10.2. The van der Waals surface area contributed by atoms with E-state index < -0.39 is 6.10 Å². The van der Waals surface area contributed by atoms with Gasteiger partial charge in [0.1, 0.15) is 18.5 Å². The molecule has 1 atom stereocenters. The van der Waals surface area contributed by atoms with Crippen LogP contribution in [0.4, 0.5) is 0 Å². The zero-order valence-corrected chi connectivity index (χ0v) is 16.9. The lowest BCUT2D eigenvalue weighted by Crippen LogP contribution is -2.33. The van der Waals surface area contributed by atoms with Crippen LogP contribution in [0.3, 0.4) is 0 Å². The van der Waals surface area contributed by atoms with Gasteiger partial charge in [0.05, 0.1) is 13.7 Å². The van der Waals surface area contributed by atoms with Gasteiger partial charge in [-0.25, -0.2) is 4.98 Å². The van der Waals surface area contributed by atoms with Crippen LogP contribution in [0.2, 0.25) is 0 Å². The lowest BCUT2D eigenvalue weighted by molar-refractivity contribution is 0.0747. The van der Waals surface area contributed by atoms with E-state index in [1.54, 1.807) is 7.11 Å². The zero-order chi connectivity index (χ0) is 19.8. The molecule has 1 aromatic heterocycles. The predicted molar refractivity (Wildman–Crippen MR) is 109 cm³/mol. The molecule has 1 aliphatic rings. The number of methoxy groups -OCH3 is 1. The van der Waals surface area contributed by atoms with Gasteiger partial charge in [0.2, 0.25) is 0 Å². The van der Waals surface area contributed by atoms with E-state index >= 15 is 0 Å². The number of imidazole rings is 1. The number of hydrogen-bond acceptors (Lipinski definition) is 6. The summed E-state index contributed by atoms with van der Waals surface area (Å²) in [4.78, 5) is 6.65. The van der Waals surface area contributed by atoms with Gasteiger partial charge >= 0.3 is 0 Å². The summed E-state index contributed by atoms with van der Waals surface area (Å²) in [6.07, 6.45) is 5.76. The molecule has 1 unspecified atom stereocenters. The van der Waals surface area contributed by atoms with Crippen molar-refractivity contribution in [3.8, 4) is 11.5 Å². The fourth-order valence-corrected chi connectivity index (χ4v) is 3.56. The molecule has 0 amide bonds. The fraction of sp³-hybridized carbons (Fsp3) is 0.571. The molecule has 2 N–H and O–H groups in total. The molecule has 1 aliphatic heterocycles. The number of nitrogens with one attached hydrogen (secondary N) is 1. The minimum atomic E-state index is -0.494. The van der Waals surface area contributed by atoms with Gasteiger partial charge in [0.15, 0.2) is 11.5 Å². The second kappa shape index (κ2) is 10.5. The average molecular weight is 389 g/mol. The summed E-state index contributed by atoms with van der Waals surface area (Å²) >= 11 is 0. The first-order valence-electron chi connectivity index (χ1n) is 10.1. The smallest absolute Gasteiger partial charge is 0.161 e. The molecule has 1 fully saturated rings. The van der Waals surface area contributed by atoms with Crippen molar-refractivity contribution in [2.24, 2.45) is 0 Å². The highest BCUT2D eigenvalue weighted by atomic mass is 16.5. The van der Waals surface area contributed by atoms with E-state index in [1.165, 1.54) is 12.8 Å². The fourth-order valence-electron chi connectivity index (χ4n) is 3.56. The monoisotopic (exact) mass is 388 g/mol. The van der Waals surface area contributed by atoms with Crippen LogP contribution in [0.25, 0.3) is 0 Å². The van der Waals surface area contributed by atoms with E-state index in [2.05, 4.69) is 26.7 Å². The number of likely N-dealkylation sites (tertiary alicyclic amines) is 1. The number of aryl methyl sites for hydroxylation is 1. The SMILES string of the molecule is CCn1ccnc1CNCc1ccc(OCC(O)CN2CCCC2)c(OC)c1. The number of aromatic nitrogens is 2. The summed E-state index contributed by atoms with van der Waals surface area (Å²) in [7, 11) is 1.64. The summed E-state index contributed by atoms with van der Waals surface area (Å²) in [6, 6.07) is 5.90. The van der Waals surface area contributed by atoms with Crippen molar-refractivity contribution >= 4 is 0 Å². The van der Waals surface area contributed by atoms with Crippen molar-refractivity contribution in [2.45, 2.75) is 45.5 Å². The molecule has 7 nitrogen and oxygen atoms in total. The lowest BCUT2D eigenvalue weighted by atomic mass is 10.2. The van der Waals surface area contributed by atoms with Gasteiger partial charge in [-0.3, -0.25) is 0 Å². The number of aliphatic hydroxyl groups is 1. The van der Waals surface area contributed by atoms with Crippen molar-refractivity contribution in [1.29, 1.82) is 0 Å². The number of rotatable bonds is 11. The Morgan fingerprint density at radius 3 is 2.79 bits per heavy atom. The van der Waals surface area contributed by atoms with Crippen molar-refractivity contribution in [3.63, 3.8) is 0 Å². The van der Waals surface area contributed by atoms with Crippen molar-refractivity contribution in [2.75, 3.05) is 33.4 Å². The summed E-state index contributed by atoms with van der Waals surface area (Å²) in [5.41, 5.74) is 1.11. The van der Waals surface area contributed by atoms with Crippen molar-refractivity contribution < 1.29 is 14.6 Å². The number of benzene rings is 1. The summed E-state index contributed by atoms with van der Waals surface area (Å²) in [6.45, 7) is 7.52. The molecule has 0 radical (unpaired) electrons. The molecule has 0 bridgehead atoms. The molecule has 2 aromatic rings. The van der Waals surface area contributed by atoms with Crippen LogP contribution in [-0.4, -0.2) is 59.0 Å². The van der Waals surface area contributed by atoms with E-state index in [4.69, 9.17) is 9.47 Å². The Labute approximate surface area is 167 Å². The van der Waals surface area contributed by atoms with Gasteiger partial charge in [0.25, 0.3) is 0 Å². The van der Waals surface area contributed by atoms with E-state index in [-0.39, 0.29) is 6.61 Å². The number of aliphatic hydroxyl groups excluding tert-OH is 1. The van der Waals surface area contributed by atoms with Gasteiger partial charge in [-0.15, -0.1) is 0 Å². The topological polar surface area (TPSA) is 71.8 Å². The predicted octanol–water partition coefficient (Wildman–Crippen LogP) is 2.04. The van der Waals surface area contributed by atoms with Crippen LogP contribution in [0.1, 0.15) is 31.2 Å². The number of nitrogens with zero attached hydrogens (tertiary/aromatic N) is 3. The van der Waals surface area contributed by atoms with Crippen LogP contribution < -0.4 is 14.8 Å². The molecule has 0 saturated carbocycles. The molecule has 2 heterocycles. The third-order valence-corrected chi connectivity index (χ3v) is 5.08. The third kappa shape index (κ3) is 5.70. The van der Waals surface area contributed by atoms with Gasteiger partial charge in [-0.1, -0.05) is 6.07 Å². The molecule has 3 rings (SSSR count). The Balaban J connectivity index is 1.48. The minimum Gasteiger partial charge on any atom is -0.493 e. The molecule has 7 heteroatoms. The van der Waals surface area contributed by atoms with E-state index in [0.717, 1.165) is 31.0 Å². The number of hydrogen-bond donors (Lipinski definition) is 2. The summed E-state index contributed by atoms with van der Waals surface area (Å²) in [5, 5.41) is 13.6. The van der Waals surface area contributed by atoms with Gasteiger partial charge < -0.3 is 29.4 Å². The van der Waals surface area contributed by atoms with Crippen LogP contribution in [-0.2, 0) is 19.6 Å². The number of ether oxygens (including phenoxy) is 2. The molecule has 1 saturated heterocycles. The molecular formula is C21H32N4O3. The average Bonchev–Trinajstić information content (AvgIpc) is 3.38. The highest BCUT2D eigenvalue weighted by Crippen LogP contribution is 2.28. The van der Waals surface area contributed by atoms with E-state index in [1.807, 2.05) is 30.6 Å². The molecule has 154 valence electrons. The third-order valence-electron chi connectivity index (χ3n) is 5.08. The molecule has 0 aliphatic carbocycles. The van der Waals surface area contributed by atoms with Crippen molar-refractivity contribution in [3.05, 3.63) is 42.0 Å². The second-order valence-electron chi connectivity index (χ2n) is 7.19. The van der Waals surface area contributed by atoms with E-state index in [0.29, 0.717) is 31.1 Å². The van der Waals surface area contributed by atoms with Crippen LogP contribution >= 0.6 is 0 Å². The molecule has 28 heavy (non-hydrogen) atoms. The maximum atomic E-state index is 10.2. The standard InChI is InChI=1S/C21H32N4O3/c1-3-25-11-8-23-21(25)14-22-13-17-6-7-19(20(12-17)27-2)28-16-18(26)15-24-9-4-5-10-24/h6-8,11-12,18,22,26H,3-5,9-10,13-16H2,1-2H3. The van der Waals surface area contributed by atoms with Gasteiger partial charge in [-0.05, 0) is 50.6 Å². The summed E-state index contributed by atoms with van der Waals surface area (Å²) in [5.74, 6) is 2.37. The van der Waals surface area contributed by atoms with E-state index in [9.17, 15) is 5.11 Å². The Kier molecular flexibility index (Phi) is 7.71. The van der Waals surface area contributed by atoms with Crippen molar-refractivity contribution in [1.82, 2.24) is 19.8 Å². The number of β-amino-alcohol motifs (C(OH)–C–C–N with tert-alkyl or cyclic N) is 1. The van der Waals surface area contributed by atoms with Crippen LogP contribution in [0.5, 0.6) is 11.5 Å². The maximum Gasteiger partial charge on any atom is 0.161 e. The van der Waals surface area contributed by atoms with Crippen LogP contribution in [0.15, 0.2) is 30.6 Å². The molecule has 1 aromatic carbocycles. The normalized spacial score (nSPS) is 15.7. The first kappa shape index (κ1) is 20.6. The Morgan fingerprint density at radius 2 is 2.04 bits per heavy atom. The first-order valence-corrected chi connectivity index (χ1v) is 10.1. The molecular weight excluding hydrogens is 356 g/mol. The minimum absolute atomic E-state index is 0.268. The second-order valence-corrected chi connectivity index (χ2v) is 7.19. The quantitative estimate of drug-likeness (QED) is 0.614. The Hall–Kier alpha value is -2.09. The highest BCUT2D eigenvalue weighted by molar-refractivity contribution is 5.43. The highest BCUT2D eigenvalue weighted by Gasteiger charge is 2.17. The van der Waals surface area contributed by atoms with Crippen LogP contribution in [0, 0.1) is 0 Å². The summed E-state index contributed by atoms with van der Waals surface area (Å²) < 4.78 is 13.4. The lowest BCUT2D eigenvalue weighted by Gasteiger charge is -2.20. The van der Waals surface area contributed by atoms with Gasteiger partial charge in [-0.2, -0.15) is 0 Å².